The van der Waals surface area contributed by atoms with Gasteiger partial charge in [-0.05, 0) is 209 Å². The molecule has 0 aromatic heterocycles. The van der Waals surface area contributed by atoms with Crippen LogP contribution in [-0.4, -0.2) is 0 Å². The fourth-order valence-corrected chi connectivity index (χ4v) is 11.5. The molecular formula is C64H54. The Balaban J connectivity index is 0.0000000906. The molecular weight excluding hydrogens is 769 g/mol. The molecule has 4 aliphatic carbocycles. The van der Waals surface area contributed by atoms with Gasteiger partial charge in [-0.3, -0.25) is 0 Å². The minimum Gasteiger partial charge on any atom is -0.0616 e. The van der Waals surface area contributed by atoms with Crippen LogP contribution in [0.5, 0.6) is 0 Å². The SMILES string of the molecule is c1ccc2c(c1)ccc1cc3c(cc12)CCC3.c1ccc2c(c1)ccc1cc3c(cc12)CCC3.c1ccc2cc3c(cc2c1)CCC3.c1ccc2cc3cc4c(cc3cc2c1)CCC4. The molecule has 0 radical (unpaired) electrons. The van der Waals surface area contributed by atoms with Crippen molar-refractivity contribution in [1.29, 1.82) is 0 Å². The van der Waals surface area contributed by atoms with E-state index in [0.29, 0.717) is 0 Å². The lowest BCUT2D eigenvalue weighted by molar-refractivity contribution is 0.912. The van der Waals surface area contributed by atoms with Gasteiger partial charge in [0.1, 0.15) is 0 Å². The average molecular weight is 823 g/mol. The normalized spacial score (nSPS) is 14.4. The van der Waals surface area contributed by atoms with Gasteiger partial charge in [0, 0.05) is 0 Å². The van der Waals surface area contributed by atoms with Crippen LogP contribution in [0, 0.1) is 0 Å². The number of hydrogen-bond donors (Lipinski definition) is 0. The molecule has 0 heterocycles. The molecule has 0 unspecified atom stereocenters. The second-order valence-corrected chi connectivity index (χ2v) is 18.8. The van der Waals surface area contributed by atoms with Gasteiger partial charge in [-0.25, -0.2) is 0 Å². The van der Waals surface area contributed by atoms with Gasteiger partial charge in [0.2, 0.25) is 0 Å². The molecule has 0 fully saturated rings. The van der Waals surface area contributed by atoms with Gasteiger partial charge >= 0.3 is 0 Å². The van der Waals surface area contributed by atoms with E-state index in [0.717, 1.165) is 0 Å². The van der Waals surface area contributed by atoms with Crippen molar-refractivity contribution in [3.8, 4) is 0 Å². The Kier molecular flexibility index (Phi) is 10.2. The maximum Gasteiger partial charge on any atom is -0.0102 e. The van der Waals surface area contributed by atoms with E-state index in [1.165, 1.54) is 152 Å². The molecule has 0 heteroatoms. The van der Waals surface area contributed by atoms with Crippen molar-refractivity contribution in [3.63, 3.8) is 0 Å². The first kappa shape index (κ1) is 38.9. The third-order valence-corrected chi connectivity index (χ3v) is 14.8. The molecule has 0 saturated carbocycles. The molecule has 64 heavy (non-hydrogen) atoms. The zero-order chi connectivity index (χ0) is 42.4. The third kappa shape index (κ3) is 7.50. The molecule has 15 rings (SSSR count). The zero-order valence-corrected chi connectivity index (χ0v) is 36.8. The molecule has 0 bridgehead atoms. The first-order chi connectivity index (χ1) is 31.7. The number of hydrogen-bond acceptors (Lipinski definition) is 0. The van der Waals surface area contributed by atoms with E-state index in [9.17, 15) is 0 Å². The Morgan fingerprint density at radius 2 is 0.422 bits per heavy atom. The van der Waals surface area contributed by atoms with Crippen LogP contribution in [0.2, 0.25) is 0 Å². The average Bonchev–Trinajstić information content (AvgIpc) is 4.19. The molecule has 0 aliphatic heterocycles. The van der Waals surface area contributed by atoms with Crippen LogP contribution in [-0.2, 0) is 51.4 Å². The van der Waals surface area contributed by atoms with Gasteiger partial charge < -0.3 is 0 Å². The Morgan fingerprint density at radius 3 is 0.781 bits per heavy atom. The van der Waals surface area contributed by atoms with E-state index < -0.39 is 0 Å². The second kappa shape index (κ2) is 16.7. The topological polar surface area (TPSA) is 0 Å². The quantitative estimate of drug-likeness (QED) is 0.106. The molecule has 11 aromatic rings. The Hall–Kier alpha value is -6.76. The van der Waals surface area contributed by atoms with Crippen molar-refractivity contribution in [3.05, 3.63) is 226 Å². The predicted molar refractivity (Wildman–Crippen MR) is 276 cm³/mol. The zero-order valence-electron chi connectivity index (χ0n) is 36.8. The first-order valence-electron chi connectivity index (χ1n) is 24.0. The van der Waals surface area contributed by atoms with Gasteiger partial charge in [-0.1, -0.05) is 170 Å². The Bertz CT molecular complexity index is 3300. The summed E-state index contributed by atoms with van der Waals surface area (Å²) in [5.74, 6) is 0. The number of rotatable bonds is 0. The molecule has 310 valence electrons. The minimum absolute atomic E-state index is 1.26. The summed E-state index contributed by atoms with van der Waals surface area (Å²) >= 11 is 0. The second-order valence-electron chi connectivity index (χ2n) is 18.8. The highest BCUT2D eigenvalue weighted by Crippen LogP contribution is 2.34. The Labute approximate surface area is 377 Å². The highest BCUT2D eigenvalue weighted by Gasteiger charge is 2.15. The van der Waals surface area contributed by atoms with Crippen LogP contribution in [0.4, 0.5) is 0 Å². The molecule has 0 saturated heterocycles. The summed E-state index contributed by atoms with van der Waals surface area (Å²) in [6, 6.07) is 67.4. The highest BCUT2D eigenvalue weighted by molar-refractivity contribution is 6.09. The lowest BCUT2D eigenvalue weighted by Crippen LogP contribution is -1.84. The molecule has 11 aromatic carbocycles. The van der Waals surface area contributed by atoms with E-state index in [-0.39, 0.29) is 0 Å². The molecule has 0 atom stereocenters. The van der Waals surface area contributed by atoms with Crippen LogP contribution in [0.3, 0.4) is 0 Å². The van der Waals surface area contributed by atoms with Gasteiger partial charge in [-0.15, -0.1) is 0 Å². The summed E-state index contributed by atoms with van der Waals surface area (Å²) in [7, 11) is 0. The summed E-state index contributed by atoms with van der Waals surface area (Å²) in [6.45, 7) is 0. The maximum absolute atomic E-state index is 2.42. The van der Waals surface area contributed by atoms with Crippen molar-refractivity contribution in [2.45, 2.75) is 77.0 Å². The third-order valence-electron chi connectivity index (χ3n) is 14.8. The first-order valence-corrected chi connectivity index (χ1v) is 24.0. The van der Waals surface area contributed by atoms with Crippen LogP contribution >= 0.6 is 0 Å². The van der Waals surface area contributed by atoms with Crippen molar-refractivity contribution < 1.29 is 0 Å². The van der Waals surface area contributed by atoms with Crippen LogP contribution in [0.25, 0.3) is 75.4 Å². The van der Waals surface area contributed by atoms with Crippen molar-refractivity contribution in [2.75, 3.05) is 0 Å². The number of fused-ring (bicyclic) bond motifs is 13. The monoisotopic (exact) mass is 822 g/mol. The highest BCUT2D eigenvalue weighted by atomic mass is 14.2. The largest absolute Gasteiger partial charge is 0.0616 e. The summed E-state index contributed by atoms with van der Waals surface area (Å²) in [5.41, 5.74) is 12.5. The fourth-order valence-electron chi connectivity index (χ4n) is 11.5. The van der Waals surface area contributed by atoms with E-state index in [4.69, 9.17) is 0 Å². The van der Waals surface area contributed by atoms with Crippen LogP contribution < -0.4 is 0 Å². The van der Waals surface area contributed by atoms with Gasteiger partial charge in [0.25, 0.3) is 0 Å². The van der Waals surface area contributed by atoms with Gasteiger partial charge in [0.05, 0.1) is 0 Å². The van der Waals surface area contributed by atoms with E-state index in [1.54, 1.807) is 44.5 Å². The van der Waals surface area contributed by atoms with E-state index in [2.05, 4.69) is 182 Å². The van der Waals surface area contributed by atoms with Crippen molar-refractivity contribution in [2.24, 2.45) is 0 Å². The summed E-state index contributed by atoms with van der Waals surface area (Å²) in [4.78, 5) is 0. The number of benzene rings is 11. The maximum atomic E-state index is 2.42. The molecule has 0 N–H and O–H groups in total. The summed E-state index contributed by atoms with van der Waals surface area (Å²) < 4.78 is 0. The van der Waals surface area contributed by atoms with Crippen molar-refractivity contribution >= 4 is 75.4 Å². The molecule has 0 amide bonds. The Morgan fingerprint density at radius 1 is 0.172 bits per heavy atom. The smallest absolute Gasteiger partial charge is 0.0102 e. The van der Waals surface area contributed by atoms with E-state index >= 15 is 0 Å². The number of aryl methyl sites for hydroxylation is 8. The van der Waals surface area contributed by atoms with Gasteiger partial charge in [0.15, 0.2) is 0 Å². The minimum atomic E-state index is 1.26. The van der Waals surface area contributed by atoms with Gasteiger partial charge in [-0.2, -0.15) is 0 Å². The molecule has 0 spiro atoms. The fraction of sp³-hybridized carbons (Fsp3) is 0.188. The standard InChI is InChI=1S/3C17H14.C13H12/c2*1-2-7-16-12(4-1)8-9-15-10-13-5-3-6-14(13)11-17(15)16;1-2-5-13-9-17-11-15-7-3-6-14(15)10-16(17)8-12(13)4-1;1-2-5-11-9-13-7-3-6-12(13)8-10(11)4-1/h2*1-2,4,7-11H,3,5-6H2;1-2,4-5,8-11H,3,6-7H2;1-2,4-5,8-9H,3,6-7H2. The van der Waals surface area contributed by atoms with Crippen molar-refractivity contribution in [1.82, 2.24) is 0 Å². The molecule has 0 nitrogen and oxygen atoms in total. The summed E-state index contributed by atoms with van der Waals surface area (Å²) in [5, 5.41) is 19.4. The van der Waals surface area contributed by atoms with Crippen LogP contribution in [0.15, 0.2) is 182 Å². The summed E-state index contributed by atoms with van der Waals surface area (Å²) in [6.07, 6.45) is 15.4. The predicted octanol–water partition coefficient (Wildman–Crippen LogP) is 16.8. The lowest BCUT2D eigenvalue weighted by atomic mass is 9.98. The van der Waals surface area contributed by atoms with E-state index in [1.807, 2.05) is 0 Å². The molecule has 4 aliphatic rings. The lowest BCUT2D eigenvalue weighted by Gasteiger charge is -2.07. The van der Waals surface area contributed by atoms with Crippen LogP contribution in [0.1, 0.15) is 70.2 Å².